The summed E-state index contributed by atoms with van der Waals surface area (Å²) in [5.41, 5.74) is 2.99. The standard InChI is InChI=1S/C14H20N2O/c1-9-6-12(7-9)16-13-8-11(14(17)15-3)5-4-10(13)2/h4-5,8-9,12,16H,6-7H2,1-3H3,(H,15,17). The second-order valence-electron chi connectivity index (χ2n) is 5.03. The van der Waals surface area contributed by atoms with E-state index in [2.05, 4.69) is 24.5 Å². The second kappa shape index (κ2) is 4.78. The van der Waals surface area contributed by atoms with E-state index >= 15 is 0 Å². The van der Waals surface area contributed by atoms with E-state index in [1.807, 2.05) is 18.2 Å². The van der Waals surface area contributed by atoms with Crippen molar-refractivity contribution in [2.75, 3.05) is 12.4 Å². The number of aryl methyl sites for hydroxylation is 1. The molecule has 17 heavy (non-hydrogen) atoms. The van der Waals surface area contributed by atoms with Crippen LogP contribution in [0.25, 0.3) is 0 Å². The molecule has 1 saturated carbocycles. The molecule has 0 spiro atoms. The van der Waals surface area contributed by atoms with E-state index in [4.69, 9.17) is 0 Å². The molecule has 0 aliphatic heterocycles. The summed E-state index contributed by atoms with van der Waals surface area (Å²) in [6.07, 6.45) is 2.45. The lowest BCUT2D eigenvalue weighted by Crippen LogP contribution is -2.34. The number of benzene rings is 1. The molecule has 1 aromatic rings. The highest BCUT2D eigenvalue weighted by Gasteiger charge is 2.25. The molecule has 1 fully saturated rings. The van der Waals surface area contributed by atoms with Crippen LogP contribution in [0.1, 0.15) is 35.7 Å². The van der Waals surface area contributed by atoms with Crippen molar-refractivity contribution < 1.29 is 4.79 Å². The zero-order valence-corrected chi connectivity index (χ0v) is 10.7. The van der Waals surface area contributed by atoms with Crippen molar-refractivity contribution in [2.45, 2.75) is 32.7 Å². The maximum Gasteiger partial charge on any atom is 0.251 e. The maximum atomic E-state index is 11.6. The number of carbonyl (C=O) groups excluding carboxylic acids is 1. The Hall–Kier alpha value is -1.51. The predicted molar refractivity (Wildman–Crippen MR) is 70.4 cm³/mol. The Morgan fingerprint density at radius 3 is 2.65 bits per heavy atom. The predicted octanol–water partition coefficient (Wildman–Crippen LogP) is 2.57. The molecular weight excluding hydrogens is 212 g/mol. The first-order valence-corrected chi connectivity index (χ1v) is 6.19. The van der Waals surface area contributed by atoms with Gasteiger partial charge in [0.05, 0.1) is 0 Å². The fraction of sp³-hybridized carbons (Fsp3) is 0.500. The Balaban J connectivity index is 2.12. The summed E-state index contributed by atoms with van der Waals surface area (Å²) >= 11 is 0. The molecule has 0 heterocycles. The van der Waals surface area contributed by atoms with E-state index in [9.17, 15) is 4.79 Å². The van der Waals surface area contributed by atoms with Crippen LogP contribution in [0.4, 0.5) is 5.69 Å². The molecule has 3 nitrogen and oxygen atoms in total. The Bertz CT molecular complexity index is 422. The Morgan fingerprint density at radius 1 is 1.35 bits per heavy atom. The van der Waals surface area contributed by atoms with Crippen molar-refractivity contribution in [3.8, 4) is 0 Å². The van der Waals surface area contributed by atoms with Crippen molar-refractivity contribution in [3.63, 3.8) is 0 Å². The van der Waals surface area contributed by atoms with Gasteiger partial charge in [0.1, 0.15) is 0 Å². The van der Waals surface area contributed by atoms with Gasteiger partial charge in [-0.3, -0.25) is 4.79 Å². The van der Waals surface area contributed by atoms with Crippen LogP contribution in [0.2, 0.25) is 0 Å². The van der Waals surface area contributed by atoms with E-state index in [1.165, 1.54) is 18.4 Å². The van der Waals surface area contributed by atoms with Crippen LogP contribution in [-0.4, -0.2) is 19.0 Å². The van der Waals surface area contributed by atoms with Gasteiger partial charge in [-0.2, -0.15) is 0 Å². The Kier molecular flexibility index (Phi) is 3.36. The molecule has 2 rings (SSSR count). The van der Waals surface area contributed by atoms with Crippen LogP contribution in [0.3, 0.4) is 0 Å². The smallest absolute Gasteiger partial charge is 0.251 e. The highest BCUT2D eigenvalue weighted by atomic mass is 16.1. The van der Waals surface area contributed by atoms with Crippen molar-refractivity contribution >= 4 is 11.6 Å². The molecule has 1 amide bonds. The minimum Gasteiger partial charge on any atom is -0.382 e. The summed E-state index contributed by atoms with van der Waals surface area (Å²) in [6, 6.07) is 6.37. The normalized spacial score (nSPS) is 22.8. The molecule has 0 atom stereocenters. The van der Waals surface area contributed by atoms with Gasteiger partial charge in [0.25, 0.3) is 5.91 Å². The molecule has 0 bridgehead atoms. The molecule has 1 aromatic carbocycles. The van der Waals surface area contributed by atoms with Gasteiger partial charge in [-0.1, -0.05) is 13.0 Å². The SMILES string of the molecule is CNC(=O)c1ccc(C)c(NC2CC(C)C2)c1. The van der Waals surface area contributed by atoms with E-state index in [1.54, 1.807) is 7.05 Å². The van der Waals surface area contributed by atoms with Crippen LogP contribution < -0.4 is 10.6 Å². The van der Waals surface area contributed by atoms with E-state index in [-0.39, 0.29) is 5.91 Å². The monoisotopic (exact) mass is 232 g/mol. The average molecular weight is 232 g/mol. The summed E-state index contributed by atoms with van der Waals surface area (Å²) < 4.78 is 0. The first-order chi connectivity index (χ1) is 8.10. The van der Waals surface area contributed by atoms with E-state index < -0.39 is 0 Å². The molecule has 0 unspecified atom stereocenters. The largest absolute Gasteiger partial charge is 0.382 e. The molecular formula is C14H20N2O. The van der Waals surface area contributed by atoms with Gasteiger partial charge >= 0.3 is 0 Å². The lowest BCUT2D eigenvalue weighted by molar-refractivity contribution is 0.0963. The van der Waals surface area contributed by atoms with Crippen LogP contribution in [0, 0.1) is 12.8 Å². The van der Waals surface area contributed by atoms with Crippen LogP contribution >= 0.6 is 0 Å². The maximum absolute atomic E-state index is 11.6. The number of nitrogens with one attached hydrogen (secondary N) is 2. The number of hydrogen-bond donors (Lipinski definition) is 2. The van der Waals surface area contributed by atoms with Gasteiger partial charge in [-0.25, -0.2) is 0 Å². The van der Waals surface area contributed by atoms with Crippen LogP contribution in [0.5, 0.6) is 0 Å². The zero-order chi connectivity index (χ0) is 12.4. The highest BCUT2D eigenvalue weighted by Crippen LogP contribution is 2.30. The van der Waals surface area contributed by atoms with E-state index in [0.29, 0.717) is 11.6 Å². The van der Waals surface area contributed by atoms with E-state index in [0.717, 1.165) is 11.6 Å². The quantitative estimate of drug-likeness (QED) is 0.841. The fourth-order valence-electron chi connectivity index (χ4n) is 2.30. The summed E-state index contributed by atoms with van der Waals surface area (Å²) in [6.45, 7) is 4.34. The molecule has 1 aliphatic carbocycles. The van der Waals surface area contributed by atoms with Crippen molar-refractivity contribution in [1.82, 2.24) is 5.32 Å². The second-order valence-corrected chi connectivity index (χ2v) is 5.03. The number of rotatable bonds is 3. The van der Waals surface area contributed by atoms with Crippen LogP contribution in [0.15, 0.2) is 18.2 Å². The molecule has 1 aliphatic rings. The van der Waals surface area contributed by atoms with Gasteiger partial charge in [0.2, 0.25) is 0 Å². The highest BCUT2D eigenvalue weighted by molar-refractivity contribution is 5.95. The minimum absolute atomic E-state index is 0.0324. The van der Waals surface area contributed by atoms with Crippen molar-refractivity contribution in [3.05, 3.63) is 29.3 Å². The molecule has 92 valence electrons. The molecule has 3 heteroatoms. The third-order valence-corrected chi connectivity index (χ3v) is 3.46. The average Bonchev–Trinajstić information content (AvgIpc) is 2.28. The van der Waals surface area contributed by atoms with Gasteiger partial charge < -0.3 is 10.6 Å². The lowest BCUT2D eigenvalue weighted by Gasteiger charge is -2.34. The minimum atomic E-state index is -0.0324. The summed E-state index contributed by atoms with van der Waals surface area (Å²) in [5, 5.41) is 6.17. The first kappa shape index (κ1) is 12.0. The number of anilines is 1. The van der Waals surface area contributed by atoms with Gasteiger partial charge in [-0.05, 0) is 43.4 Å². The zero-order valence-electron chi connectivity index (χ0n) is 10.7. The third-order valence-electron chi connectivity index (χ3n) is 3.46. The van der Waals surface area contributed by atoms with Gasteiger partial charge in [-0.15, -0.1) is 0 Å². The lowest BCUT2D eigenvalue weighted by atomic mass is 9.81. The Morgan fingerprint density at radius 2 is 2.06 bits per heavy atom. The molecule has 0 aromatic heterocycles. The van der Waals surface area contributed by atoms with Gasteiger partial charge in [0, 0.05) is 24.3 Å². The molecule has 0 saturated heterocycles. The molecule has 2 N–H and O–H groups in total. The fourth-order valence-corrected chi connectivity index (χ4v) is 2.30. The molecule has 0 radical (unpaired) electrons. The topological polar surface area (TPSA) is 41.1 Å². The van der Waals surface area contributed by atoms with Crippen molar-refractivity contribution in [2.24, 2.45) is 5.92 Å². The summed E-state index contributed by atoms with van der Waals surface area (Å²) in [4.78, 5) is 11.6. The Labute approximate surface area is 103 Å². The third kappa shape index (κ3) is 2.60. The summed E-state index contributed by atoms with van der Waals surface area (Å²) in [7, 11) is 1.66. The number of hydrogen-bond acceptors (Lipinski definition) is 2. The number of amides is 1. The number of carbonyl (C=O) groups is 1. The summed E-state index contributed by atoms with van der Waals surface area (Å²) in [5.74, 6) is 0.796. The first-order valence-electron chi connectivity index (χ1n) is 6.19. The van der Waals surface area contributed by atoms with Gasteiger partial charge in [0.15, 0.2) is 0 Å². The van der Waals surface area contributed by atoms with Crippen LogP contribution in [-0.2, 0) is 0 Å². The van der Waals surface area contributed by atoms with Crippen molar-refractivity contribution in [1.29, 1.82) is 0 Å².